The molecule has 0 aromatic heterocycles. The highest BCUT2D eigenvalue weighted by atomic mass is 16.5. The molecule has 8 N–H and O–H groups in total. The van der Waals surface area contributed by atoms with Crippen LogP contribution in [0.5, 0.6) is 0 Å². The summed E-state index contributed by atoms with van der Waals surface area (Å²) in [5, 5.41) is 11.1. The summed E-state index contributed by atoms with van der Waals surface area (Å²) < 4.78 is 10.3. The summed E-state index contributed by atoms with van der Waals surface area (Å²) in [6, 6.07) is 6.56. The van der Waals surface area contributed by atoms with Crippen molar-refractivity contribution in [1.82, 2.24) is 21.3 Å². The molecule has 1 aromatic rings. The zero-order valence-corrected chi connectivity index (χ0v) is 25.6. The summed E-state index contributed by atoms with van der Waals surface area (Å²) >= 11 is 0. The molecule has 13 nitrogen and oxygen atoms in total. The molecule has 2 rings (SSSR count). The van der Waals surface area contributed by atoms with Gasteiger partial charge in [-0.2, -0.15) is 0 Å². The van der Waals surface area contributed by atoms with Crippen LogP contribution in [-0.2, 0) is 35.3 Å². The Balaban J connectivity index is 2.14. The van der Waals surface area contributed by atoms with Crippen molar-refractivity contribution in [3.8, 4) is 0 Å². The third kappa shape index (κ3) is 14.0. The number of rotatable bonds is 20. The second-order valence-electron chi connectivity index (χ2n) is 10.6. The van der Waals surface area contributed by atoms with Crippen molar-refractivity contribution >= 4 is 29.8 Å². The molecule has 4 amide bonds. The molecule has 4 atom stereocenters. The van der Waals surface area contributed by atoms with Crippen LogP contribution in [0.25, 0.3) is 0 Å². The van der Waals surface area contributed by atoms with E-state index in [1.54, 1.807) is 6.92 Å². The number of hydrogen-bond donors (Lipinski definition) is 6. The van der Waals surface area contributed by atoms with E-state index in [4.69, 9.17) is 20.9 Å². The zero-order chi connectivity index (χ0) is 32.2. The van der Waals surface area contributed by atoms with Gasteiger partial charge < -0.3 is 42.2 Å². The van der Waals surface area contributed by atoms with Crippen LogP contribution in [0.2, 0.25) is 0 Å². The lowest BCUT2D eigenvalue weighted by atomic mass is 9.97. The van der Waals surface area contributed by atoms with Crippen LogP contribution in [0.15, 0.2) is 42.5 Å². The van der Waals surface area contributed by atoms with Crippen LogP contribution in [0.1, 0.15) is 63.9 Å². The van der Waals surface area contributed by atoms with Gasteiger partial charge in [-0.1, -0.05) is 36.4 Å². The standard InChI is InChI=1S/C31H48N6O7/c1-2-43-27(38)15-14-24(20-23-16-19-34-28(23)39)35-29(40)25(12-6-8-17-32)36-30(41)26(13-7-9-18-33)37-31(42)44-21-22-10-4-3-5-11-22/h3-5,10-11,14-15,23-26H,2,6-9,12-13,16-21,32-33H2,1H3,(H,34,39)(H,35,40)(H,36,41)(H,37,42)/b15-14+/t23-,24+,25-,26+/m0/s1. The molecule has 1 aliphatic heterocycles. The maximum Gasteiger partial charge on any atom is 0.408 e. The topological polar surface area (TPSA) is 204 Å². The molecule has 244 valence electrons. The molecule has 0 unspecified atom stereocenters. The largest absolute Gasteiger partial charge is 0.463 e. The normalized spacial score (nSPS) is 16.4. The maximum atomic E-state index is 13.5. The van der Waals surface area contributed by atoms with Crippen molar-refractivity contribution in [2.45, 2.75) is 83.0 Å². The van der Waals surface area contributed by atoms with Gasteiger partial charge in [0.1, 0.15) is 18.7 Å². The molecule has 1 heterocycles. The first kappa shape index (κ1) is 36.2. The lowest BCUT2D eigenvalue weighted by Crippen LogP contribution is -2.55. The molecule has 0 saturated carbocycles. The Hall–Kier alpha value is -3.97. The summed E-state index contributed by atoms with van der Waals surface area (Å²) in [6.07, 6.45) is 5.84. The van der Waals surface area contributed by atoms with Crippen molar-refractivity contribution in [1.29, 1.82) is 0 Å². The van der Waals surface area contributed by atoms with Crippen LogP contribution in [0.4, 0.5) is 4.79 Å². The average Bonchev–Trinajstić information content (AvgIpc) is 3.42. The molecule has 0 aliphatic carbocycles. The first-order valence-corrected chi connectivity index (χ1v) is 15.4. The number of hydrogen-bond acceptors (Lipinski definition) is 9. The van der Waals surface area contributed by atoms with Gasteiger partial charge in [0.05, 0.1) is 6.61 Å². The van der Waals surface area contributed by atoms with E-state index < -0.39 is 42.0 Å². The number of nitrogens with two attached hydrogens (primary N) is 2. The highest BCUT2D eigenvalue weighted by Gasteiger charge is 2.30. The Labute approximate surface area is 259 Å². The quantitative estimate of drug-likeness (QED) is 0.0705. The van der Waals surface area contributed by atoms with E-state index in [2.05, 4.69) is 21.3 Å². The van der Waals surface area contributed by atoms with Crippen LogP contribution in [0, 0.1) is 5.92 Å². The Kier molecular flexibility index (Phi) is 17.2. The minimum absolute atomic E-state index is 0.0354. The smallest absolute Gasteiger partial charge is 0.408 e. The van der Waals surface area contributed by atoms with Crippen molar-refractivity contribution in [3.63, 3.8) is 0 Å². The first-order chi connectivity index (χ1) is 21.3. The number of carbonyl (C=O) groups is 5. The molecule has 1 aromatic carbocycles. The van der Waals surface area contributed by atoms with Gasteiger partial charge in [-0.25, -0.2) is 9.59 Å². The fourth-order valence-corrected chi connectivity index (χ4v) is 4.73. The van der Waals surface area contributed by atoms with Crippen molar-refractivity contribution in [2.24, 2.45) is 17.4 Å². The van der Waals surface area contributed by atoms with Gasteiger partial charge in [0.2, 0.25) is 17.7 Å². The number of alkyl carbamates (subject to hydrolysis) is 1. The SMILES string of the molecule is CCOC(=O)/C=C/[C@H](C[C@@H]1CCNC1=O)NC(=O)[C@H](CCCCN)NC(=O)[C@@H](CCCCN)NC(=O)OCc1ccccc1. The number of unbranched alkanes of at least 4 members (excludes halogenated alkanes) is 2. The Bertz CT molecular complexity index is 1080. The van der Waals surface area contributed by atoms with Gasteiger partial charge in [0.25, 0.3) is 0 Å². The predicted octanol–water partition coefficient (Wildman–Crippen LogP) is 1.15. The lowest BCUT2D eigenvalue weighted by molar-refractivity contribution is -0.137. The second-order valence-corrected chi connectivity index (χ2v) is 10.6. The molecule has 1 fully saturated rings. The summed E-state index contributed by atoms with van der Waals surface area (Å²) in [5.74, 6) is -2.05. The van der Waals surface area contributed by atoms with Gasteiger partial charge in [-0.3, -0.25) is 14.4 Å². The van der Waals surface area contributed by atoms with Crippen molar-refractivity contribution < 1.29 is 33.4 Å². The van der Waals surface area contributed by atoms with Crippen molar-refractivity contribution in [2.75, 3.05) is 26.2 Å². The van der Waals surface area contributed by atoms with E-state index in [0.717, 1.165) is 5.56 Å². The van der Waals surface area contributed by atoms with Crippen LogP contribution >= 0.6 is 0 Å². The molecule has 13 heteroatoms. The number of esters is 1. The molecule has 44 heavy (non-hydrogen) atoms. The lowest BCUT2D eigenvalue weighted by Gasteiger charge is -2.25. The average molecular weight is 617 g/mol. The highest BCUT2D eigenvalue weighted by molar-refractivity contribution is 5.91. The minimum atomic E-state index is -0.962. The van der Waals surface area contributed by atoms with Gasteiger partial charge >= 0.3 is 12.1 Å². The number of ether oxygens (including phenoxy) is 2. The fourth-order valence-electron chi connectivity index (χ4n) is 4.73. The fraction of sp³-hybridized carbons (Fsp3) is 0.581. The van der Waals surface area contributed by atoms with Crippen LogP contribution in [-0.4, -0.2) is 74.2 Å². The van der Waals surface area contributed by atoms with E-state index in [1.807, 2.05) is 30.3 Å². The van der Waals surface area contributed by atoms with Crippen LogP contribution in [0.3, 0.4) is 0 Å². The zero-order valence-electron chi connectivity index (χ0n) is 25.6. The number of nitrogens with one attached hydrogen (secondary N) is 4. The first-order valence-electron chi connectivity index (χ1n) is 15.4. The molecule has 0 radical (unpaired) electrons. The maximum absolute atomic E-state index is 13.5. The van der Waals surface area contributed by atoms with Gasteiger partial charge in [-0.15, -0.1) is 0 Å². The Morgan fingerprint density at radius 1 is 0.932 bits per heavy atom. The Morgan fingerprint density at radius 2 is 1.57 bits per heavy atom. The molecule has 1 saturated heterocycles. The third-order valence-electron chi connectivity index (χ3n) is 7.13. The van der Waals surface area contributed by atoms with Crippen molar-refractivity contribution in [3.05, 3.63) is 48.0 Å². The minimum Gasteiger partial charge on any atom is -0.463 e. The third-order valence-corrected chi connectivity index (χ3v) is 7.13. The highest BCUT2D eigenvalue weighted by Crippen LogP contribution is 2.17. The number of amides is 4. The molecule has 0 spiro atoms. The van der Waals surface area contributed by atoms with Gasteiger partial charge in [-0.05, 0) is 76.9 Å². The summed E-state index contributed by atoms with van der Waals surface area (Å²) in [7, 11) is 0. The van der Waals surface area contributed by atoms with E-state index in [0.29, 0.717) is 64.6 Å². The molecule has 0 bridgehead atoms. The summed E-state index contributed by atoms with van der Waals surface area (Å²) in [4.78, 5) is 63.8. The molecule has 1 aliphatic rings. The number of carbonyl (C=O) groups excluding carboxylic acids is 5. The number of benzene rings is 1. The summed E-state index contributed by atoms with van der Waals surface area (Å²) in [5.41, 5.74) is 12.1. The molecular weight excluding hydrogens is 568 g/mol. The van der Waals surface area contributed by atoms with E-state index in [9.17, 15) is 24.0 Å². The summed E-state index contributed by atoms with van der Waals surface area (Å²) in [6.45, 7) is 3.30. The second kappa shape index (κ2) is 20.9. The van der Waals surface area contributed by atoms with E-state index in [1.165, 1.54) is 12.2 Å². The monoisotopic (exact) mass is 616 g/mol. The predicted molar refractivity (Wildman–Crippen MR) is 165 cm³/mol. The molecular formula is C31H48N6O7. The van der Waals surface area contributed by atoms with E-state index in [-0.39, 0.29) is 31.5 Å². The van der Waals surface area contributed by atoms with Gasteiger partial charge in [0, 0.05) is 24.6 Å². The van der Waals surface area contributed by atoms with E-state index >= 15 is 0 Å². The van der Waals surface area contributed by atoms with Gasteiger partial charge in [0.15, 0.2) is 0 Å². The Morgan fingerprint density at radius 3 is 2.16 bits per heavy atom. The van der Waals surface area contributed by atoms with Crippen LogP contribution < -0.4 is 32.7 Å².